The molecule has 0 aliphatic heterocycles. The number of oxime groups is 1. The third-order valence-corrected chi connectivity index (χ3v) is 0.115. The Morgan fingerprint density at radius 2 is 2.12 bits per heavy atom. The topological polar surface area (TPSA) is 58.6 Å². The summed E-state index contributed by atoms with van der Waals surface area (Å²) in [6, 6.07) is 0. The van der Waals surface area contributed by atoms with Gasteiger partial charge in [0.15, 0.2) is 0 Å². The summed E-state index contributed by atoms with van der Waals surface area (Å²) < 4.78 is 0.194. The van der Waals surface area contributed by atoms with Gasteiger partial charge in [0.05, 0.1) is 0 Å². The number of thiocarbonyl (C=S) groups is 1. The van der Waals surface area contributed by atoms with Gasteiger partial charge in [-0.25, -0.2) is 0 Å². The molecule has 0 aromatic carbocycles. The van der Waals surface area contributed by atoms with Crippen molar-refractivity contribution in [3.8, 4) is 0 Å². The fourth-order valence-corrected chi connectivity index (χ4v) is 0. The van der Waals surface area contributed by atoms with Crippen molar-refractivity contribution in [1.29, 1.82) is 0 Å². The van der Waals surface area contributed by atoms with Gasteiger partial charge in [-0.15, -0.1) is 17.8 Å². The standard InChI is InChI=1S/C2H5NO.CH3NS2/c1-2-3-4;2-1(3)4/h2,4H,1H3;(H3,2,3,4). The van der Waals surface area contributed by atoms with Crippen LogP contribution in [0.25, 0.3) is 0 Å². The highest BCUT2D eigenvalue weighted by atomic mass is 32.1. The second-order valence-electron chi connectivity index (χ2n) is 0.712. The van der Waals surface area contributed by atoms with Crippen LogP contribution in [0.3, 0.4) is 0 Å². The van der Waals surface area contributed by atoms with Crippen LogP contribution in [0.2, 0.25) is 0 Å². The molecule has 0 heterocycles. The zero-order valence-electron chi connectivity index (χ0n) is 4.40. The van der Waals surface area contributed by atoms with E-state index >= 15 is 0 Å². The lowest BCUT2D eigenvalue weighted by atomic mass is 10.9. The Morgan fingerprint density at radius 1 is 2.00 bits per heavy atom. The molecule has 0 radical (unpaired) electrons. The van der Waals surface area contributed by atoms with Crippen LogP contribution in [0.4, 0.5) is 0 Å². The van der Waals surface area contributed by atoms with Crippen LogP contribution < -0.4 is 5.73 Å². The Hall–Kier alpha value is -0.290. The van der Waals surface area contributed by atoms with E-state index in [1.807, 2.05) is 0 Å². The average molecular weight is 152 g/mol. The SMILES string of the molecule is CC=NO.NC(=S)S. The van der Waals surface area contributed by atoms with E-state index in [1.165, 1.54) is 6.21 Å². The number of thiol groups is 1. The van der Waals surface area contributed by atoms with Crippen LogP contribution in [0.5, 0.6) is 0 Å². The lowest BCUT2D eigenvalue weighted by Gasteiger charge is -1.64. The van der Waals surface area contributed by atoms with Crippen molar-refractivity contribution in [3.05, 3.63) is 0 Å². The fourth-order valence-electron chi connectivity index (χ4n) is 0. The summed E-state index contributed by atoms with van der Waals surface area (Å²) in [5.41, 5.74) is 4.71. The third kappa shape index (κ3) is 251. The van der Waals surface area contributed by atoms with Crippen LogP contribution in [0.1, 0.15) is 6.92 Å². The molecule has 0 bridgehead atoms. The monoisotopic (exact) mass is 152 g/mol. The molecular formula is C3H8N2OS2. The van der Waals surface area contributed by atoms with Gasteiger partial charge < -0.3 is 10.9 Å². The van der Waals surface area contributed by atoms with Crippen molar-refractivity contribution in [1.82, 2.24) is 0 Å². The van der Waals surface area contributed by atoms with Crippen LogP contribution in [0, 0.1) is 0 Å². The molecule has 3 N–H and O–H groups in total. The highest BCUT2D eigenvalue weighted by Gasteiger charge is 1.55. The van der Waals surface area contributed by atoms with E-state index in [1.54, 1.807) is 6.92 Å². The van der Waals surface area contributed by atoms with E-state index in [0.29, 0.717) is 0 Å². The molecule has 8 heavy (non-hydrogen) atoms. The summed E-state index contributed by atoms with van der Waals surface area (Å²) in [6.45, 7) is 1.64. The molecule has 0 aromatic rings. The van der Waals surface area contributed by atoms with E-state index in [9.17, 15) is 0 Å². The van der Waals surface area contributed by atoms with Gasteiger partial charge in [-0.05, 0) is 6.92 Å². The third-order valence-electron chi connectivity index (χ3n) is 0.115. The Kier molecular flexibility index (Phi) is 13.1. The van der Waals surface area contributed by atoms with Gasteiger partial charge in [-0.2, -0.15) is 0 Å². The minimum Gasteiger partial charge on any atom is -0.411 e. The molecule has 0 aliphatic carbocycles. The maximum atomic E-state index is 7.44. The largest absolute Gasteiger partial charge is 0.411 e. The second kappa shape index (κ2) is 9.86. The van der Waals surface area contributed by atoms with Crippen molar-refractivity contribution in [2.24, 2.45) is 10.9 Å². The highest BCUT2D eigenvalue weighted by molar-refractivity contribution is 8.10. The van der Waals surface area contributed by atoms with Crippen molar-refractivity contribution in [2.45, 2.75) is 6.92 Å². The van der Waals surface area contributed by atoms with Gasteiger partial charge in [0.2, 0.25) is 0 Å². The number of hydrogen-bond donors (Lipinski definition) is 3. The van der Waals surface area contributed by atoms with Crippen molar-refractivity contribution in [3.63, 3.8) is 0 Å². The van der Waals surface area contributed by atoms with E-state index in [4.69, 9.17) is 10.9 Å². The Balaban J connectivity index is 0. The Bertz CT molecular complexity index is 75.4. The van der Waals surface area contributed by atoms with E-state index < -0.39 is 0 Å². The van der Waals surface area contributed by atoms with Crippen molar-refractivity contribution in [2.75, 3.05) is 0 Å². The maximum absolute atomic E-state index is 7.44. The molecule has 0 unspecified atom stereocenters. The summed E-state index contributed by atoms with van der Waals surface area (Å²) in [6.07, 6.45) is 1.31. The van der Waals surface area contributed by atoms with E-state index in [-0.39, 0.29) is 4.32 Å². The van der Waals surface area contributed by atoms with Gasteiger partial charge in [0.25, 0.3) is 0 Å². The summed E-state index contributed by atoms with van der Waals surface area (Å²) >= 11 is 7.65. The first-order chi connectivity index (χ1) is 3.65. The lowest BCUT2D eigenvalue weighted by molar-refractivity contribution is 0.321. The summed E-state index contributed by atoms with van der Waals surface area (Å²) in [4.78, 5) is 0. The number of hydrogen-bond acceptors (Lipinski definition) is 3. The first-order valence-electron chi connectivity index (χ1n) is 1.75. The first kappa shape index (κ1) is 10.6. The zero-order chi connectivity index (χ0) is 6.99. The molecule has 0 amide bonds. The Morgan fingerprint density at radius 3 is 2.12 bits per heavy atom. The van der Waals surface area contributed by atoms with Crippen molar-refractivity contribution >= 4 is 35.4 Å². The summed E-state index contributed by atoms with van der Waals surface area (Å²) in [7, 11) is 0. The van der Waals surface area contributed by atoms with Gasteiger partial charge in [0.1, 0.15) is 4.32 Å². The van der Waals surface area contributed by atoms with Crippen LogP contribution >= 0.6 is 24.8 Å². The van der Waals surface area contributed by atoms with Crippen LogP contribution in [-0.2, 0) is 0 Å². The normalized spacial score (nSPS) is 7.75. The lowest BCUT2D eigenvalue weighted by Crippen LogP contribution is -1.94. The van der Waals surface area contributed by atoms with Gasteiger partial charge >= 0.3 is 0 Å². The highest BCUT2D eigenvalue weighted by Crippen LogP contribution is 1.63. The maximum Gasteiger partial charge on any atom is 0.128 e. The molecule has 0 atom stereocenters. The van der Waals surface area contributed by atoms with Gasteiger partial charge in [-0.3, -0.25) is 0 Å². The number of nitrogens with zero attached hydrogens (tertiary/aromatic N) is 1. The Labute approximate surface area is 59.0 Å². The van der Waals surface area contributed by atoms with Gasteiger partial charge in [0, 0.05) is 6.21 Å². The molecule has 0 saturated heterocycles. The average Bonchev–Trinajstić information content (AvgIpc) is 1.65. The van der Waals surface area contributed by atoms with Crippen LogP contribution in [-0.4, -0.2) is 15.7 Å². The smallest absolute Gasteiger partial charge is 0.128 e. The first-order valence-corrected chi connectivity index (χ1v) is 2.61. The van der Waals surface area contributed by atoms with Crippen molar-refractivity contribution < 1.29 is 5.21 Å². The fraction of sp³-hybridized carbons (Fsp3) is 0.333. The van der Waals surface area contributed by atoms with E-state index in [2.05, 4.69) is 30.0 Å². The van der Waals surface area contributed by atoms with Crippen LogP contribution in [0.15, 0.2) is 5.16 Å². The summed E-state index contributed by atoms with van der Waals surface area (Å²) in [5.74, 6) is 0. The number of rotatable bonds is 0. The minimum atomic E-state index is 0.194. The zero-order valence-corrected chi connectivity index (χ0v) is 6.12. The number of nitrogens with two attached hydrogens (primary N) is 1. The molecule has 0 aromatic heterocycles. The molecule has 0 saturated carbocycles. The molecule has 5 heteroatoms. The van der Waals surface area contributed by atoms with Gasteiger partial charge in [-0.1, -0.05) is 12.2 Å². The predicted molar refractivity (Wildman–Crippen MR) is 41.7 cm³/mol. The molecule has 0 spiro atoms. The van der Waals surface area contributed by atoms with E-state index in [0.717, 1.165) is 0 Å². The molecule has 3 nitrogen and oxygen atoms in total. The molecule has 48 valence electrons. The minimum absolute atomic E-state index is 0.194. The predicted octanol–water partition coefficient (Wildman–Crippen LogP) is 0.626. The molecule has 0 aliphatic rings. The second-order valence-corrected chi connectivity index (χ2v) is 1.94. The summed E-state index contributed by atoms with van der Waals surface area (Å²) in [5, 5.41) is 10.1. The molecular weight excluding hydrogens is 144 g/mol. The quantitative estimate of drug-likeness (QED) is 0.157. The molecule has 0 rings (SSSR count). The molecule has 0 fully saturated rings.